The largest absolute Gasteiger partial charge is 0.388 e. The van der Waals surface area contributed by atoms with Crippen LogP contribution in [0.1, 0.15) is 13.3 Å². The van der Waals surface area contributed by atoms with Crippen LogP contribution >= 0.6 is 0 Å². The molecule has 3 unspecified atom stereocenters. The number of aliphatic hydroxyl groups excluding tert-OH is 1. The lowest BCUT2D eigenvalue weighted by molar-refractivity contribution is -0.0726. The van der Waals surface area contributed by atoms with Crippen LogP contribution in [-0.4, -0.2) is 36.0 Å². The molecular weight excluding hydrogens is 176 g/mol. The Hall–Kier alpha value is -0.880. The van der Waals surface area contributed by atoms with Crippen molar-refractivity contribution in [1.82, 2.24) is 0 Å². The normalized spacial score (nSPS) is 39.8. The monoisotopic (exact) mass is 188 g/mol. The third-order valence-electron chi connectivity index (χ3n) is 2.27. The summed E-state index contributed by atoms with van der Waals surface area (Å²) in [4.78, 5) is 20.6. The molecule has 4 atom stereocenters. The van der Waals surface area contributed by atoms with Gasteiger partial charge in [0.15, 0.2) is 0 Å². The summed E-state index contributed by atoms with van der Waals surface area (Å²) in [5, 5.41) is 14.9. The van der Waals surface area contributed by atoms with Crippen molar-refractivity contribution in [2.45, 2.75) is 37.6 Å². The third kappa shape index (κ3) is 1.89. The summed E-state index contributed by atoms with van der Waals surface area (Å²) in [7, 11) is 0. The van der Waals surface area contributed by atoms with Crippen molar-refractivity contribution < 1.29 is 9.84 Å². The van der Waals surface area contributed by atoms with Gasteiger partial charge < -0.3 is 9.84 Å². The lowest BCUT2D eigenvalue weighted by atomic mass is 9.95. The molecule has 0 amide bonds. The first-order valence-corrected chi connectivity index (χ1v) is 4.19. The number of hydrogen-bond donors (Lipinski definition) is 1. The van der Waals surface area contributed by atoms with E-state index in [-0.39, 0.29) is 6.61 Å². The molecule has 13 heavy (non-hydrogen) atoms. The smallest absolute Gasteiger partial charge is 0.146 e. The Balaban J connectivity index is 2.70. The first-order valence-electron chi connectivity index (χ1n) is 4.19. The summed E-state index contributed by atoms with van der Waals surface area (Å²) in [6.45, 7) is 1.89. The molecule has 1 rings (SSSR count). The van der Waals surface area contributed by atoms with Crippen LogP contribution in [0.3, 0.4) is 0 Å². The number of ether oxygens (including phenoxy) is 1. The van der Waals surface area contributed by atoms with E-state index in [1.54, 1.807) is 0 Å². The second-order valence-electron chi connectivity index (χ2n) is 3.04. The van der Waals surface area contributed by atoms with Crippen molar-refractivity contribution in [3.05, 3.63) is 9.81 Å². The van der Waals surface area contributed by atoms with Crippen LogP contribution in [0.2, 0.25) is 0 Å². The van der Waals surface area contributed by atoms with Gasteiger partial charge >= 0.3 is 0 Å². The highest BCUT2D eigenvalue weighted by Crippen LogP contribution is 2.22. The van der Waals surface area contributed by atoms with Crippen LogP contribution in [0.4, 0.5) is 0 Å². The summed E-state index contributed by atoms with van der Waals surface area (Å²) in [6.07, 6.45) is -0.918. The van der Waals surface area contributed by atoms with Crippen LogP contribution in [0.5, 0.6) is 0 Å². The average Bonchev–Trinajstić information content (AvgIpc) is 2.17. The standard InChI is InChI=1S/C7H12N2O4/c1-2-5-6(9-12)7(10)4(8-11)3-13-5/h4-7,10H,2-3H2,1H3/t4?,5?,6-,7?/m1/s1. The Morgan fingerprint density at radius 2 is 2.15 bits per heavy atom. The summed E-state index contributed by atoms with van der Waals surface area (Å²) in [6, 6.07) is -1.74. The van der Waals surface area contributed by atoms with E-state index in [1.165, 1.54) is 0 Å². The zero-order chi connectivity index (χ0) is 9.84. The lowest BCUT2D eigenvalue weighted by Crippen LogP contribution is -2.50. The van der Waals surface area contributed by atoms with Crippen LogP contribution in [0.25, 0.3) is 0 Å². The van der Waals surface area contributed by atoms with Crippen molar-refractivity contribution in [1.29, 1.82) is 0 Å². The zero-order valence-electron chi connectivity index (χ0n) is 7.29. The predicted molar refractivity (Wildman–Crippen MR) is 45.2 cm³/mol. The third-order valence-corrected chi connectivity index (χ3v) is 2.27. The van der Waals surface area contributed by atoms with E-state index in [0.29, 0.717) is 6.42 Å². The summed E-state index contributed by atoms with van der Waals surface area (Å²) in [5.74, 6) is 0. The summed E-state index contributed by atoms with van der Waals surface area (Å²) >= 11 is 0. The topological polar surface area (TPSA) is 88.3 Å². The first-order chi connectivity index (χ1) is 6.24. The van der Waals surface area contributed by atoms with Crippen LogP contribution in [0, 0.1) is 9.81 Å². The molecule has 0 radical (unpaired) electrons. The molecular formula is C7H12N2O4. The molecule has 0 aromatic carbocycles. The fraction of sp³-hybridized carbons (Fsp3) is 1.00. The van der Waals surface area contributed by atoms with Crippen molar-refractivity contribution in [3.8, 4) is 0 Å². The van der Waals surface area contributed by atoms with Crippen molar-refractivity contribution in [2.75, 3.05) is 6.61 Å². The van der Waals surface area contributed by atoms with Gasteiger partial charge in [-0.2, -0.15) is 9.81 Å². The highest BCUT2D eigenvalue weighted by molar-refractivity contribution is 4.94. The Morgan fingerprint density at radius 3 is 2.62 bits per heavy atom. The Morgan fingerprint density at radius 1 is 1.46 bits per heavy atom. The second kappa shape index (κ2) is 4.38. The maximum Gasteiger partial charge on any atom is 0.146 e. The summed E-state index contributed by atoms with van der Waals surface area (Å²) in [5.41, 5.74) is 0. The van der Waals surface area contributed by atoms with Gasteiger partial charge in [-0.1, -0.05) is 17.3 Å². The quantitative estimate of drug-likeness (QED) is 0.650. The van der Waals surface area contributed by atoms with Gasteiger partial charge in [-0.3, -0.25) is 0 Å². The van der Waals surface area contributed by atoms with E-state index in [2.05, 4.69) is 10.4 Å². The molecule has 0 bridgehead atoms. The van der Waals surface area contributed by atoms with Gasteiger partial charge in [0.1, 0.15) is 18.2 Å². The molecule has 1 heterocycles. The number of rotatable bonds is 3. The number of nitrogens with zero attached hydrogens (tertiary/aromatic N) is 2. The molecule has 0 saturated carbocycles. The fourth-order valence-electron chi connectivity index (χ4n) is 1.45. The average molecular weight is 188 g/mol. The Bertz CT molecular complexity index is 199. The minimum absolute atomic E-state index is 0.0647. The predicted octanol–water partition coefficient (Wildman–Crippen LogP) is 0.426. The second-order valence-corrected chi connectivity index (χ2v) is 3.04. The number of aliphatic hydroxyl groups is 1. The first kappa shape index (κ1) is 10.2. The molecule has 1 aliphatic heterocycles. The van der Waals surface area contributed by atoms with E-state index in [9.17, 15) is 14.9 Å². The lowest BCUT2D eigenvalue weighted by Gasteiger charge is -2.32. The molecule has 1 fully saturated rings. The molecule has 1 N–H and O–H groups in total. The van der Waals surface area contributed by atoms with E-state index >= 15 is 0 Å². The molecule has 74 valence electrons. The Kier molecular flexibility index (Phi) is 3.44. The van der Waals surface area contributed by atoms with Crippen LogP contribution in [-0.2, 0) is 4.74 Å². The molecule has 1 saturated heterocycles. The van der Waals surface area contributed by atoms with Gasteiger partial charge in [-0.15, -0.1) is 0 Å². The fourth-order valence-corrected chi connectivity index (χ4v) is 1.45. The molecule has 6 heteroatoms. The van der Waals surface area contributed by atoms with Gasteiger partial charge in [-0.05, 0) is 6.42 Å². The van der Waals surface area contributed by atoms with Crippen molar-refractivity contribution in [2.24, 2.45) is 10.4 Å². The van der Waals surface area contributed by atoms with E-state index in [1.807, 2.05) is 6.92 Å². The maximum absolute atomic E-state index is 10.4. The zero-order valence-corrected chi connectivity index (χ0v) is 7.29. The van der Waals surface area contributed by atoms with Crippen LogP contribution < -0.4 is 0 Å². The number of nitroso groups, excluding NO2 is 2. The van der Waals surface area contributed by atoms with Gasteiger partial charge in [0.25, 0.3) is 0 Å². The minimum atomic E-state index is -1.10. The van der Waals surface area contributed by atoms with Crippen LogP contribution in [0.15, 0.2) is 10.4 Å². The molecule has 0 spiro atoms. The van der Waals surface area contributed by atoms with Gasteiger partial charge in [0.2, 0.25) is 0 Å². The van der Waals surface area contributed by atoms with Gasteiger partial charge in [0, 0.05) is 0 Å². The molecule has 0 aromatic heterocycles. The number of hydrogen-bond acceptors (Lipinski definition) is 6. The highest BCUT2D eigenvalue weighted by Gasteiger charge is 2.40. The summed E-state index contributed by atoms with van der Waals surface area (Å²) < 4.78 is 5.16. The van der Waals surface area contributed by atoms with E-state index in [4.69, 9.17) is 4.74 Å². The van der Waals surface area contributed by atoms with Crippen molar-refractivity contribution in [3.63, 3.8) is 0 Å². The minimum Gasteiger partial charge on any atom is -0.388 e. The molecule has 0 aliphatic carbocycles. The molecule has 1 aliphatic rings. The maximum atomic E-state index is 10.4. The van der Waals surface area contributed by atoms with Gasteiger partial charge in [-0.25, -0.2) is 0 Å². The molecule has 6 nitrogen and oxygen atoms in total. The van der Waals surface area contributed by atoms with E-state index < -0.39 is 24.3 Å². The SMILES string of the molecule is CCC1OCC(N=O)C(O)[C@@H]1N=O. The Labute approximate surface area is 75.2 Å². The molecule has 0 aromatic rings. The van der Waals surface area contributed by atoms with Gasteiger partial charge in [0.05, 0.1) is 12.7 Å². The van der Waals surface area contributed by atoms with E-state index in [0.717, 1.165) is 0 Å². The van der Waals surface area contributed by atoms with Crippen molar-refractivity contribution >= 4 is 0 Å². The highest BCUT2D eigenvalue weighted by atomic mass is 16.5.